The number of amidine groups is 1. The van der Waals surface area contributed by atoms with Crippen molar-refractivity contribution in [2.75, 3.05) is 5.75 Å². The highest BCUT2D eigenvalue weighted by molar-refractivity contribution is 7.99. The maximum Gasteiger partial charge on any atom is 0.398 e. The van der Waals surface area contributed by atoms with Gasteiger partial charge in [-0.3, -0.25) is 0 Å². The Kier molecular flexibility index (Phi) is 5.48. The molecular weight excluding hydrogens is 347 g/mol. The zero-order valence-corrected chi connectivity index (χ0v) is 13.3. The van der Waals surface area contributed by atoms with E-state index in [1.54, 1.807) is 0 Å². The van der Waals surface area contributed by atoms with Crippen molar-refractivity contribution in [1.29, 1.82) is 0 Å². The lowest BCUT2D eigenvalue weighted by Gasteiger charge is -2.10. The Morgan fingerprint density at radius 3 is 2.42 bits per heavy atom. The van der Waals surface area contributed by atoms with Crippen LogP contribution in [-0.2, 0) is 0 Å². The monoisotopic (exact) mass is 360 g/mol. The van der Waals surface area contributed by atoms with Crippen molar-refractivity contribution in [3.63, 3.8) is 0 Å². The van der Waals surface area contributed by atoms with E-state index in [1.165, 1.54) is 37.3 Å². The highest BCUT2D eigenvalue weighted by Crippen LogP contribution is 2.33. The Morgan fingerprint density at radius 1 is 1.12 bits per heavy atom. The van der Waals surface area contributed by atoms with Crippen LogP contribution in [0.3, 0.4) is 0 Å². The van der Waals surface area contributed by atoms with Crippen LogP contribution in [-0.4, -0.2) is 17.8 Å². The third-order valence-corrected chi connectivity index (χ3v) is 4.25. The summed E-state index contributed by atoms with van der Waals surface area (Å²) in [5.74, 6) is -2.74. The molecule has 0 aromatic heterocycles. The summed E-state index contributed by atoms with van der Waals surface area (Å²) < 4.78 is 64.7. The Hall–Kier alpha value is -2.09. The molecule has 0 amide bonds. The van der Waals surface area contributed by atoms with Gasteiger partial charge in [-0.1, -0.05) is 12.1 Å². The highest BCUT2D eigenvalue weighted by Gasteiger charge is 2.27. The second-order valence-corrected chi connectivity index (χ2v) is 5.97. The molecule has 0 atom stereocenters. The Balaban J connectivity index is 2.36. The van der Waals surface area contributed by atoms with Crippen molar-refractivity contribution in [2.45, 2.75) is 18.0 Å². The van der Waals surface area contributed by atoms with Crippen LogP contribution in [0.4, 0.5) is 27.6 Å². The largest absolute Gasteiger partial charge is 0.398 e. The Labute approximate surface area is 139 Å². The fraction of sp³-hybridized carbons (Fsp3) is 0.188. The van der Waals surface area contributed by atoms with E-state index in [1.807, 2.05) is 0 Å². The van der Waals surface area contributed by atoms with Crippen LogP contribution in [0.5, 0.6) is 0 Å². The van der Waals surface area contributed by atoms with E-state index in [4.69, 9.17) is 5.73 Å². The number of nitrogens with two attached hydrogens (primary N) is 1. The molecule has 2 aromatic carbocycles. The van der Waals surface area contributed by atoms with Gasteiger partial charge in [0.05, 0.1) is 11.3 Å². The predicted octanol–water partition coefficient (Wildman–Crippen LogP) is 4.96. The van der Waals surface area contributed by atoms with E-state index in [-0.39, 0.29) is 22.0 Å². The normalized spacial score (nSPS) is 12.5. The zero-order chi connectivity index (χ0) is 17.9. The van der Waals surface area contributed by atoms with Gasteiger partial charge in [0.25, 0.3) is 0 Å². The molecule has 24 heavy (non-hydrogen) atoms. The summed E-state index contributed by atoms with van der Waals surface area (Å²) >= 11 is 0.527. The number of benzene rings is 2. The molecule has 0 aliphatic heterocycles. The number of aryl methyl sites for hydroxylation is 1. The van der Waals surface area contributed by atoms with E-state index in [0.717, 1.165) is 6.07 Å². The van der Waals surface area contributed by atoms with Gasteiger partial charge in [0, 0.05) is 4.90 Å². The molecular formula is C16H13F5N2S. The molecule has 0 aliphatic carbocycles. The number of alkyl halides is 3. The lowest BCUT2D eigenvalue weighted by molar-refractivity contribution is -0.105. The number of rotatable bonds is 4. The van der Waals surface area contributed by atoms with E-state index in [9.17, 15) is 22.0 Å². The average Bonchev–Trinajstić information content (AvgIpc) is 2.48. The van der Waals surface area contributed by atoms with Crippen LogP contribution >= 0.6 is 11.8 Å². The molecule has 2 aromatic rings. The molecule has 0 fully saturated rings. The average molecular weight is 360 g/mol. The van der Waals surface area contributed by atoms with Crippen molar-refractivity contribution >= 4 is 23.3 Å². The summed E-state index contributed by atoms with van der Waals surface area (Å²) in [5.41, 5.74) is 5.78. The first-order chi connectivity index (χ1) is 11.2. The van der Waals surface area contributed by atoms with Crippen LogP contribution in [0.1, 0.15) is 11.1 Å². The van der Waals surface area contributed by atoms with Crippen LogP contribution in [0, 0.1) is 18.6 Å². The Morgan fingerprint density at radius 2 is 1.79 bits per heavy atom. The maximum atomic E-state index is 14.0. The third-order valence-electron chi connectivity index (χ3n) is 3.03. The summed E-state index contributed by atoms with van der Waals surface area (Å²) in [7, 11) is 0. The first kappa shape index (κ1) is 18.3. The molecule has 0 radical (unpaired) electrons. The molecule has 2 N–H and O–H groups in total. The number of nitrogens with zero attached hydrogens (tertiary/aromatic N) is 1. The van der Waals surface area contributed by atoms with Crippen LogP contribution < -0.4 is 5.73 Å². The van der Waals surface area contributed by atoms with E-state index >= 15 is 0 Å². The molecule has 128 valence electrons. The minimum Gasteiger partial charge on any atom is -0.383 e. The quantitative estimate of drug-likeness (QED) is 0.362. The summed E-state index contributed by atoms with van der Waals surface area (Å²) in [6.07, 6.45) is -4.35. The minimum atomic E-state index is -4.35. The van der Waals surface area contributed by atoms with Gasteiger partial charge >= 0.3 is 6.18 Å². The molecule has 2 nitrogen and oxygen atoms in total. The number of halogens is 5. The molecule has 0 spiro atoms. The summed E-state index contributed by atoms with van der Waals surface area (Å²) in [5, 5.41) is 0. The summed E-state index contributed by atoms with van der Waals surface area (Å²) in [6.45, 7) is 1.50. The molecule has 0 heterocycles. The first-order valence-electron chi connectivity index (χ1n) is 6.76. The molecule has 2 rings (SSSR count). The molecule has 8 heteroatoms. The number of hydrogen-bond acceptors (Lipinski definition) is 2. The van der Waals surface area contributed by atoms with Crippen molar-refractivity contribution in [1.82, 2.24) is 0 Å². The van der Waals surface area contributed by atoms with Crippen molar-refractivity contribution in [3.05, 3.63) is 59.2 Å². The summed E-state index contributed by atoms with van der Waals surface area (Å²) in [6, 6.07) is 7.80. The van der Waals surface area contributed by atoms with Crippen LogP contribution in [0.15, 0.2) is 46.3 Å². The van der Waals surface area contributed by atoms with Crippen molar-refractivity contribution < 1.29 is 22.0 Å². The Bertz CT molecular complexity index is 772. The first-order valence-corrected chi connectivity index (χ1v) is 7.74. The van der Waals surface area contributed by atoms with Gasteiger partial charge in [-0.15, -0.1) is 11.8 Å². The zero-order valence-electron chi connectivity index (χ0n) is 12.5. The smallest absolute Gasteiger partial charge is 0.383 e. The molecule has 0 aliphatic rings. The van der Waals surface area contributed by atoms with E-state index in [0.29, 0.717) is 17.3 Å². The predicted molar refractivity (Wildman–Crippen MR) is 84.7 cm³/mol. The lowest BCUT2D eigenvalue weighted by Crippen LogP contribution is -2.14. The SMILES string of the molecule is Cc1cc(F)c(N=C(N)c2ccccc2F)cc1SCC(F)(F)F. The number of thioether (sulfide) groups is 1. The molecule has 0 saturated heterocycles. The number of hydrogen-bond donors (Lipinski definition) is 1. The van der Waals surface area contributed by atoms with Crippen LogP contribution in [0.2, 0.25) is 0 Å². The van der Waals surface area contributed by atoms with Gasteiger partial charge < -0.3 is 5.73 Å². The molecule has 0 saturated carbocycles. The second kappa shape index (κ2) is 7.21. The summed E-state index contributed by atoms with van der Waals surface area (Å²) in [4.78, 5) is 4.05. The molecule has 0 unspecified atom stereocenters. The minimum absolute atomic E-state index is 0.0121. The van der Waals surface area contributed by atoms with E-state index in [2.05, 4.69) is 4.99 Å². The lowest BCUT2D eigenvalue weighted by atomic mass is 10.2. The standard InChI is InChI=1S/C16H13F5N2S/c1-9-6-12(18)13(7-14(9)24-8-16(19,20)21)23-15(22)10-4-2-3-5-11(10)17/h2-7H,8H2,1H3,(H2,22,23). The highest BCUT2D eigenvalue weighted by atomic mass is 32.2. The fourth-order valence-electron chi connectivity index (χ4n) is 1.90. The topological polar surface area (TPSA) is 38.4 Å². The van der Waals surface area contributed by atoms with Crippen LogP contribution in [0.25, 0.3) is 0 Å². The van der Waals surface area contributed by atoms with Gasteiger partial charge in [-0.2, -0.15) is 13.2 Å². The van der Waals surface area contributed by atoms with Gasteiger partial charge in [0.15, 0.2) is 0 Å². The molecule has 0 bridgehead atoms. The van der Waals surface area contributed by atoms with E-state index < -0.39 is 23.6 Å². The fourth-order valence-corrected chi connectivity index (χ4v) is 2.70. The van der Waals surface area contributed by atoms with Crippen molar-refractivity contribution in [3.8, 4) is 0 Å². The van der Waals surface area contributed by atoms with Gasteiger partial charge in [-0.05, 0) is 36.8 Å². The second-order valence-electron chi connectivity index (χ2n) is 4.95. The van der Waals surface area contributed by atoms with Gasteiger partial charge in [-0.25, -0.2) is 13.8 Å². The van der Waals surface area contributed by atoms with Crippen molar-refractivity contribution in [2.24, 2.45) is 10.7 Å². The maximum absolute atomic E-state index is 14.0. The third kappa shape index (κ3) is 4.70. The van der Waals surface area contributed by atoms with Gasteiger partial charge in [0.2, 0.25) is 0 Å². The van der Waals surface area contributed by atoms with Gasteiger partial charge in [0.1, 0.15) is 23.2 Å². The number of aliphatic imine (C=N–C) groups is 1.